The lowest BCUT2D eigenvalue weighted by Crippen LogP contribution is -1.96. The minimum atomic E-state index is 0.324. The van der Waals surface area contributed by atoms with Gasteiger partial charge in [0.25, 0.3) is 0 Å². The van der Waals surface area contributed by atoms with Crippen LogP contribution in [0.1, 0.15) is 5.69 Å². The molecule has 0 spiro atoms. The normalized spacial score (nSPS) is 11.3. The van der Waals surface area contributed by atoms with Crippen LogP contribution in [-0.2, 0) is 0 Å². The summed E-state index contributed by atoms with van der Waals surface area (Å²) < 4.78 is 8.37. The van der Waals surface area contributed by atoms with Gasteiger partial charge in [0.15, 0.2) is 0 Å². The van der Waals surface area contributed by atoms with E-state index >= 15 is 0 Å². The molecule has 5 nitrogen and oxygen atoms in total. The van der Waals surface area contributed by atoms with Gasteiger partial charge >= 0.3 is 0 Å². The molecule has 0 aliphatic rings. The van der Waals surface area contributed by atoms with Crippen LogP contribution in [0.4, 0.5) is 5.69 Å². The van der Waals surface area contributed by atoms with E-state index in [-0.39, 0.29) is 0 Å². The molecule has 194 valence electrons. The lowest BCUT2D eigenvalue weighted by Gasteiger charge is -2.13. The van der Waals surface area contributed by atoms with Gasteiger partial charge in [0.1, 0.15) is 22.9 Å². The molecule has 0 saturated carbocycles. The topological polar surface area (TPSA) is 59.1 Å². The monoisotopic (exact) mass is 536 g/mol. The number of para-hydroxylation sites is 2. The highest BCUT2D eigenvalue weighted by molar-refractivity contribution is 6.17. The van der Waals surface area contributed by atoms with Crippen molar-refractivity contribution in [1.82, 2.24) is 9.55 Å². The third-order valence-electron chi connectivity index (χ3n) is 7.92. The fourth-order valence-electron chi connectivity index (χ4n) is 5.98. The summed E-state index contributed by atoms with van der Waals surface area (Å²) in [5.74, 6) is 0. The quantitative estimate of drug-likeness (QED) is 0.211. The Hall–Kier alpha value is -6.17. The van der Waals surface area contributed by atoms with Crippen LogP contribution in [0.3, 0.4) is 0 Å². The van der Waals surface area contributed by atoms with Crippen LogP contribution in [0, 0.1) is 17.9 Å². The lowest BCUT2D eigenvalue weighted by molar-refractivity contribution is 0.669. The fraction of sp³-hybridized carbons (Fsp3) is 0. The van der Waals surface area contributed by atoms with Crippen LogP contribution in [0.5, 0.6) is 0 Å². The van der Waals surface area contributed by atoms with Gasteiger partial charge in [-0.1, -0.05) is 72.8 Å². The molecule has 0 amide bonds. The number of aromatic nitrogens is 2. The maximum absolute atomic E-state index is 9.87. The third-order valence-corrected chi connectivity index (χ3v) is 7.92. The molecule has 0 fully saturated rings. The molecule has 8 aromatic rings. The van der Waals surface area contributed by atoms with Gasteiger partial charge in [0, 0.05) is 38.9 Å². The highest BCUT2D eigenvalue weighted by atomic mass is 16.3. The van der Waals surface area contributed by atoms with E-state index in [1.54, 1.807) is 6.20 Å². The van der Waals surface area contributed by atoms with Gasteiger partial charge in [0.05, 0.1) is 23.3 Å². The zero-order valence-corrected chi connectivity index (χ0v) is 22.2. The first kappa shape index (κ1) is 23.7. The van der Waals surface area contributed by atoms with Crippen LogP contribution in [0.25, 0.3) is 76.5 Å². The van der Waals surface area contributed by atoms with Crippen LogP contribution in [0.15, 0.2) is 126 Å². The van der Waals surface area contributed by atoms with Crippen LogP contribution in [-0.4, -0.2) is 9.55 Å². The predicted molar refractivity (Wildman–Crippen MR) is 168 cm³/mol. The Morgan fingerprint density at radius 3 is 2.29 bits per heavy atom. The van der Waals surface area contributed by atoms with E-state index in [4.69, 9.17) is 11.0 Å². The van der Waals surface area contributed by atoms with E-state index in [1.807, 2.05) is 84.9 Å². The van der Waals surface area contributed by atoms with Gasteiger partial charge in [-0.15, -0.1) is 0 Å². The van der Waals surface area contributed by atoms with Crippen LogP contribution in [0.2, 0.25) is 0 Å². The average molecular weight is 537 g/mol. The summed E-state index contributed by atoms with van der Waals surface area (Å²) in [6, 6.07) is 40.5. The summed E-state index contributed by atoms with van der Waals surface area (Å²) >= 11 is 0. The zero-order chi connectivity index (χ0) is 28.2. The Balaban J connectivity index is 1.37. The van der Waals surface area contributed by atoms with Crippen molar-refractivity contribution in [3.63, 3.8) is 0 Å². The number of nitrogens with zero attached hydrogens (tertiary/aromatic N) is 4. The number of fused-ring (bicyclic) bond motifs is 6. The highest BCUT2D eigenvalue weighted by Gasteiger charge is 2.19. The first-order chi connectivity index (χ1) is 20.7. The van der Waals surface area contributed by atoms with Crippen molar-refractivity contribution in [2.24, 2.45) is 0 Å². The Morgan fingerprint density at radius 1 is 0.667 bits per heavy atom. The number of hydrogen-bond acceptors (Lipinski definition) is 3. The highest BCUT2D eigenvalue weighted by Crippen LogP contribution is 2.41. The summed E-state index contributed by atoms with van der Waals surface area (Å²) in [5, 5.41) is 14.1. The smallest absolute Gasteiger partial charge is 0.211 e. The molecule has 5 aromatic carbocycles. The van der Waals surface area contributed by atoms with E-state index < -0.39 is 0 Å². The van der Waals surface area contributed by atoms with E-state index in [0.29, 0.717) is 16.9 Å². The second-order valence-corrected chi connectivity index (χ2v) is 10.2. The first-order valence-electron chi connectivity index (χ1n) is 13.6. The molecule has 5 heteroatoms. The number of furan rings is 1. The summed E-state index contributed by atoms with van der Waals surface area (Å²) in [6.07, 6.45) is 1.72. The molecule has 3 aromatic heterocycles. The van der Waals surface area contributed by atoms with Gasteiger partial charge < -0.3 is 8.98 Å². The van der Waals surface area contributed by atoms with E-state index in [2.05, 4.69) is 50.8 Å². The van der Waals surface area contributed by atoms with Crippen molar-refractivity contribution in [3.05, 3.63) is 139 Å². The number of hydrogen-bond donors (Lipinski definition) is 0. The molecule has 0 aliphatic heterocycles. The molecule has 0 unspecified atom stereocenters. The SMILES string of the molecule is [C-]#[N+]c1cc(-c2cc(-c3ccccc3)cnc2C#N)ccc1-n1c2ccccc2c2cc3oc4ccccc4c3cc21. The minimum absolute atomic E-state index is 0.324. The number of nitriles is 1. The fourth-order valence-corrected chi connectivity index (χ4v) is 5.98. The molecule has 42 heavy (non-hydrogen) atoms. The summed E-state index contributed by atoms with van der Waals surface area (Å²) in [6.45, 7) is 8.17. The van der Waals surface area contributed by atoms with Crippen molar-refractivity contribution in [2.75, 3.05) is 0 Å². The summed E-state index contributed by atoms with van der Waals surface area (Å²) in [7, 11) is 0. The molecule has 0 aliphatic carbocycles. The zero-order valence-electron chi connectivity index (χ0n) is 22.2. The number of pyridine rings is 1. The largest absolute Gasteiger partial charge is 0.456 e. The Morgan fingerprint density at radius 2 is 1.45 bits per heavy atom. The molecule has 0 atom stereocenters. The molecule has 0 bridgehead atoms. The summed E-state index contributed by atoms with van der Waals surface area (Å²) in [5.41, 5.74) is 8.68. The van der Waals surface area contributed by atoms with Crippen molar-refractivity contribution >= 4 is 49.4 Å². The van der Waals surface area contributed by atoms with Crippen LogP contribution < -0.4 is 0 Å². The van der Waals surface area contributed by atoms with Gasteiger partial charge in [-0.05, 0) is 53.6 Å². The van der Waals surface area contributed by atoms with Gasteiger partial charge in [-0.2, -0.15) is 5.26 Å². The second kappa shape index (κ2) is 9.20. The number of rotatable bonds is 3. The maximum atomic E-state index is 9.87. The number of benzene rings is 5. The van der Waals surface area contributed by atoms with E-state index in [9.17, 15) is 5.26 Å². The molecule has 0 N–H and O–H groups in total. The van der Waals surface area contributed by atoms with Crippen LogP contribution >= 0.6 is 0 Å². The standard InChI is InChI=1S/C37H20N4O/c1-39-31-18-24(28-17-25(22-40-32(28)21-38)23-9-3-2-4-10-23)15-16-34(31)41-33-13-7-5-11-26(33)29-20-37-30(19-35(29)41)27-12-6-8-14-36(27)42-37/h2-20,22H. The Labute approximate surface area is 240 Å². The van der Waals surface area contributed by atoms with Gasteiger partial charge in [-0.3, -0.25) is 0 Å². The average Bonchev–Trinajstić information content (AvgIpc) is 3.58. The molecule has 8 rings (SSSR count). The predicted octanol–water partition coefficient (Wildman–Crippen LogP) is 9.83. The van der Waals surface area contributed by atoms with Gasteiger partial charge in [0.2, 0.25) is 5.69 Å². The van der Waals surface area contributed by atoms with Crippen molar-refractivity contribution in [3.8, 4) is 34.0 Å². The first-order valence-corrected chi connectivity index (χ1v) is 13.6. The molecule has 0 saturated heterocycles. The molecule has 0 radical (unpaired) electrons. The summed E-state index contributed by atoms with van der Waals surface area (Å²) in [4.78, 5) is 8.43. The second-order valence-electron chi connectivity index (χ2n) is 10.2. The maximum Gasteiger partial charge on any atom is 0.211 e. The van der Waals surface area contributed by atoms with Crippen molar-refractivity contribution in [1.29, 1.82) is 5.26 Å². The molecular formula is C37H20N4O. The van der Waals surface area contributed by atoms with Gasteiger partial charge in [-0.25, -0.2) is 9.83 Å². The molecule has 3 heterocycles. The Kier molecular flexibility index (Phi) is 5.19. The van der Waals surface area contributed by atoms with E-state index in [1.165, 1.54) is 0 Å². The van der Waals surface area contributed by atoms with Crippen molar-refractivity contribution in [2.45, 2.75) is 0 Å². The van der Waals surface area contributed by atoms with Crippen molar-refractivity contribution < 1.29 is 4.42 Å². The lowest BCUT2D eigenvalue weighted by atomic mass is 9.98. The molecular weight excluding hydrogens is 516 g/mol. The minimum Gasteiger partial charge on any atom is -0.456 e. The Bertz CT molecular complexity index is 2440. The third kappa shape index (κ3) is 3.52. The van der Waals surface area contributed by atoms with E-state index in [0.717, 1.165) is 66.1 Å².